The Kier molecular flexibility index (Phi) is 4.40. The fourth-order valence-electron chi connectivity index (χ4n) is 2.65. The van der Waals surface area contributed by atoms with E-state index in [1.165, 1.54) is 11.0 Å². The number of carbonyl (C=O) groups is 3. The van der Waals surface area contributed by atoms with Crippen LogP contribution in [0.15, 0.2) is 53.4 Å². The van der Waals surface area contributed by atoms with E-state index in [4.69, 9.17) is 0 Å². The molecule has 0 aliphatic carbocycles. The van der Waals surface area contributed by atoms with E-state index < -0.39 is 11.2 Å². The molecule has 0 radical (unpaired) electrons. The van der Waals surface area contributed by atoms with Gasteiger partial charge in [-0.15, -0.1) is 11.8 Å². The molecule has 2 amide bonds. The van der Waals surface area contributed by atoms with Crippen LogP contribution >= 0.6 is 11.8 Å². The highest BCUT2D eigenvalue weighted by Crippen LogP contribution is 2.36. The maximum atomic E-state index is 12.7. The van der Waals surface area contributed by atoms with Gasteiger partial charge in [-0.2, -0.15) is 0 Å². The Morgan fingerprint density at radius 2 is 1.79 bits per heavy atom. The number of hydrogen-bond donors (Lipinski definition) is 0. The molecule has 3 rings (SSSR count). The zero-order chi connectivity index (χ0) is 17.3. The van der Waals surface area contributed by atoms with Gasteiger partial charge in [0.05, 0.1) is 16.9 Å². The van der Waals surface area contributed by atoms with Gasteiger partial charge in [0.15, 0.2) is 0 Å². The second-order valence-electron chi connectivity index (χ2n) is 5.45. The molecule has 24 heavy (non-hydrogen) atoms. The third-order valence-electron chi connectivity index (χ3n) is 3.84. The van der Waals surface area contributed by atoms with Crippen molar-refractivity contribution < 1.29 is 19.5 Å². The van der Waals surface area contributed by atoms with Gasteiger partial charge in [0.25, 0.3) is 0 Å². The number of rotatable bonds is 4. The summed E-state index contributed by atoms with van der Waals surface area (Å²) in [5.41, 5.74) is 1.43. The molecule has 1 atom stereocenters. The van der Waals surface area contributed by atoms with Gasteiger partial charge in [0.1, 0.15) is 0 Å². The van der Waals surface area contributed by atoms with Crippen LogP contribution in [0, 0.1) is 6.92 Å². The second-order valence-corrected chi connectivity index (χ2v) is 6.69. The summed E-state index contributed by atoms with van der Waals surface area (Å²) < 4.78 is 0. The molecule has 1 aliphatic heterocycles. The topological polar surface area (TPSA) is 77.5 Å². The molecule has 1 heterocycles. The maximum Gasteiger partial charge on any atom is 0.247 e. The lowest BCUT2D eigenvalue weighted by Gasteiger charge is -2.17. The molecule has 0 bridgehead atoms. The SMILES string of the molecule is Cc1ccccc1N1C(=O)C[C@@H](Sc2ccccc2C(=O)[O-])C1=O. The summed E-state index contributed by atoms with van der Waals surface area (Å²) in [5.74, 6) is -1.91. The monoisotopic (exact) mass is 340 g/mol. The first kappa shape index (κ1) is 16.3. The number of hydrogen-bond acceptors (Lipinski definition) is 5. The number of aryl methyl sites for hydroxylation is 1. The molecule has 6 heteroatoms. The second kappa shape index (κ2) is 6.49. The van der Waals surface area contributed by atoms with Gasteiger partial charge in [0, 0.05) is 16.9 Å². The number of para-hydroxylation sites is 1. The molecule has 0 saturated carbocycles. The number of aromatic carboxylic acids is 1. The van der Waals surface area contributed by atoms with Crippen LogP contribution in [0.4, 0.5) is 5.69 Å². The molecule has 1 saturated heterocycles. The van der Waals surface area contributed by atoms with Crippen molar-refractivity contribution in [2.24, 2.45) is 0 Å². The van der Waals surface area contributed by atoms with E-state index in [0.717, 1.165) is 17.3 Å². The highest BCUT2D eigenvalue weighted by Gasteiger charge is 2.40. The molecule has 1 fully saturated rings. The van der Waals surface area contributed by atoms with Gasteiger partial charge in [-0.1, -0.05) is 36.4 Å². The van der Waals surface area contributed by atoms with Crippen LogP contribution in [0.3, 0.4) is 0 Å². The maximum absolute atomic E-state index is 12.7. The van der Waals surface area contributed by atoms with Crippen molar-refractivity contribution >= 4 is 35.2 Å². The van der Waals surface area contributed by atoms with E-state index in [0.29, 0.717) is 10.6 Å². The zero-order valence-electron chi connectivity index (χ0n) is 12.9. The van der Waals surface area contributed by atoms with Crippen LogP contribution in [-0.2, 0) is 9.59 Å². The van der Waals surface area contributed by atoms with Crippen LogP contribution in [0.25, 0.3) is 0 Å². The first-order valence-electron chi connectivity index (χ1n) is 7.38. The van der Waals surface area contributed by atoms with Crippen molar-refractivity contribution in [3.63, 3.8) is 0 Å². The molecular weight excluding hydrogens is 326 g/mol. The number of carboxylic acid groups (broad SMARTS) is 1. The normalized spacial score (nSPS) is 17.4. The summed E-state index contributed by atoms with van der Waals surface area (Å²) in [7, 11) is 0. The minimum atomic E-state index is -1.30. The average molecular weight is 340 g/mol. The van der Waals surface area contributed by atoms with E-state index >= 15 is 0 Å². The molecule has 0 aromatic heterocycles. The number of carboxylic acids is 1. The molecule has 122 valence electrons. The smallest absolute Gasteiger partial charge is 0.247 e. The standard InChI is InChI=1S/C18H15NO4S/c1-11-6-2-4-8-13(11)19-16(20)10-15(17(19)21)24-14-9-5-3-7-12(14)18(22)23/h2-9,15H,10H2,1H3,(H,22,23)/p-1/t15-/m1/s1. The molecule has 1 aliphatic rings. The Labute approximate surface area is 143 Å². The van der Waals surface area contributed by atoms with Gasteiger partial charge in [-0.05, 0) is 24.6 Å². The average Bonchev–Trinajstić information content (AvgIpc) is 2.82. The predicted molar refractivity (Wildman–Crippen MR) is 88.7 cm³/mol. The Morgan fingerprint density at radius 1 is 1.12 bits per heavy atom. The summed E-state index contributed by atoms with van der Waals surface area (Å²) in [6.07, 6.45) is 0.0409. The third-order valence-corrected chi connectivity index (χ3v) is 5.10. The first-order chi connectivity index (χ1) is 11.5. The van der Waals surface area contributed by atoms with Crippen molar-refractivity contribution in [2.75, 3.05) is 4.90 Å². The minimum absolute atomic E-state index is 0.0251. The first-order valence-corrected chi connectivity index (χ1v) is 8.26. The highest BCUT2D eigenvalue weighted by atomic mass is 32.2. The largest absolute Gasteiger partial charge is 0.545 e. The molecule has 0 unspecified atom stereocenters. The zero-order valence-corrected chi connectivity index (χ0v) is 13.7. The molecule has 2 aromatic rings. The van der Waals surface area contributed by atoms with Crippen molar-refractivity contribution in [3.05, 3.63) is 59.7 Å². The minimum Gasteiger partial charge on any atom is -0.545 e. The number of imide groups is 1. The van der Waals surface area contributed by atoms with E-state index in [1.807, 2.05) is 19.1 Å². The molecule has 0 N–H and O–H groups in total. The van der Waals surface area contributed by atoms with Gasteiger partial charge in [-0.3, -0.25) is 9.59 Å². The number of nitrogens with zero attached hydrogens (tertiary/aromatic N) is 1. The summed E-state index contributed by atoms with van der Waals surface area (Å²) in [5, 5.41) is 10.5. The van der Waals surface area contributed by atoms with Crippen LogP contribution < -0.4 is 10.0 Å². The van der Waals surface area contributed by atoms with E-state index in [9.17, 15) is 19.5 Å². The summed E-state index contributed by atoms with van der Waals surface area (Å²) in [6.45, 7) is 1.84. The molecule has 0 spiro atoms. The van der Waals surface area contributed by atoms with Crippen molar-refractivity contribution in [2.45, 2.75) is 23.5 Å². The fraction of sp³-hybridized carbons (Fsp3) is 0.167. The summed E-state index contributed by atoms with van der Waals surface area (Å²) >= 11 is 1.09. The van der Waals surface area contributed by atoms with Crippen LogP contribution in [0.5, 0.6) is 0 Å². The highest BCUT2D eigenvalue weighted by molar-refractivity contribution is 8.00. The lowest BCUT2D eigenvalue weighted by molar-refractivity contribution is -0.255. The number of anilines is 1. The van der Waals surface area contributed by atoms with E-state index in [-0.39, 0.29) is 23.8 Å². The Bertz CT molecular complexity index is 833. The third kappa shape index (κ3) is 2.92. The number of benzene rings is 2. The van der Waals surface area contributed by atoms with Crippen molar-refractivity contribution in [1.29, 1.82) is 0 Å². The summed E-state index contributed by atoms with van der Waals surface area (Å²) in [4.78, 5) is 37.8. The van der Waals surface area contributed by atoms with Gasteiger partial charge < -0.3 is 9.90 Å². The number of carbonyl (C=O) groups excluding carboxylic acids is 3. The number of amides is 2. The van der Waals surface area contributed by atoms with Crippen molar-refractivity contribution in [3.8, 4) is 0 Å². The molecular formula is C18H14NO4S-. The number of thioether (sulfide) groups is 1. The lowest BCUT2D eigenvalue weighted by atomic mass is 10.2. The van der Waals surface area contributed by atoms with Crippen LogP contribution in [0.2, 0.25) is 0 Å². The predicted octanol–water partition coefficient (Wildman–Crippen LogP) is 1.78. The van der Waals surface area contributed by atoms with Gasteiger partial charge >= 0.3 is 0 Å². The van der Waals surface area contributed by atoms with Gasteiger partial charge in [-0.25, -0.2) is 4.90 Å². The van der Waals surface area contributed by atoms with Crippen LogP contribution in [-0.4, -0.2) is 23.0 Å². The van der Waals surface area contributed by atoms with Gasteiger partial charge in [0.2, 0.25) is 11.8 Å². The quantitative estimate of drug-likeness (QED) is 0.793. The Hall–Kier alpha value is -2.60. The molecule has 5 nitrogen and oxygen atoms in total. The Balaban J connectivity index is 1.88. The molecule has 2 aromatic carbocycles. The van der Waals surface area contributed by atoms with Crippen molar-refractivity contribution in [1.82, 2.24) is 0 Å². The summed E-state index contributed by atoms with van der Waals surface area (Å²) in [6, 6.07) is 13.5. The van der Waals surface area contributed by atoms with E-state index in [1.54, 1.807) is 30.3 Å². The van der Waals surface area contributed by atoms with E-state index in [2.05, 4.69) is 0 Å². The Morgan fingerprint density at radius 3 is 2.50 bits per heavy atom. The van der Waals surface area contributed by atoms with Crippen LogP contribution in [0.1, 0.15) is 22.3 Å². The fourth-order valence-corrected chi connectivity index (χ4v) is 3.83. The lowest BCUT2D eigenvalue weighted by Crippen LogP contribution is -2.31.